The number of nitrogens with two attached hydrogens (primary N) is 4. The lowest BCUT2D eigenvalue weighted by Gasteiger charge is -2.34. The fourth-order valence-electron chi connectivity index (χ4n) is 4.45. The van der Waals surface area contributed by atoms with Crippen molar-refractivity contribution in [3.8, 4) is 0 Å². The van der Waals surface area contributed by atoms with E-state index in [1.54, 1.807) is 37.6 Å². The van der Waals surface area contributed by atoms with Crippen LogP contribution in [0.15, 0.2) is 53.8 Å². The first-order chi connectivity index (χ1) is 21.9. The van der Waals surface area contributed by atoms with E-state index in [0.29, 0.717) is 30.4 Å². The van der Waals surface area contributed by atoms with E-state index in [1.165, 1.54) is 4.90 Å². The number of nitrogens with one attached hydrogen (secondary N) is 2. The SMILES string of the molecule is CCC(C)[C@@H](C(=O)N[C@@H](CCCN=C(N)N)C(N)=O)N(C)C(=O)C(Cc1ccc(C(=N)N)cc1)c1cccnc1.O=C(O)C(F)(F)F. The molecule has 0 bridgehead atoms. The van der Waals surface area contributed by atoms with Crippen LogP contribution >= 0.6 is 0 Å². The fourth-order valence-corrected chi connectivity index (χ4v) is 4.45. The van der Waals surface area contributed by atoms with E-state index in [1.807, 2.05) is 32.0 Å². The number of carboxylic acids is 1. The van der Waals surface area contributed by atoms with Crippen LogP contribution in [0, 0.1) is 11.3 Å². The van der Waals surface area contributed by atoms with Crippen molar-refractivity contribution in [2.24, 2.45) is 33.8 Å². The Balaban J connectivity index is 0.00000141. The summed E-state index contributed by atoms with van der Waals surface area (Å²) in [5.41, 5.74) is 24.0. The smallest absolute Gasteiger partial charge is 0.475 e. The highest BCUT2D eigenvalue weighted by Crippen LogP contribution is 2.26. The first-order valence-corrected chi connectivity index (χ1v) is 14.5. The number of hydrogen-bond acceptors (Lipinski definition) is 7. The number of hydrogen-bond donors (Lipinski definition) is 7. The molecule has 1 aromatic heterocycles. The van der Waals surface area contributed by atoms with Gasteiger partial charge in [0, 0.05) is 31.5 Å². The van der Waals surface area contributed by atoms with Crippen LogP contribution in [-0.4, -0.2) is 82.3 Å². The molecule has 17 heteroatoms. The number of halogens is 3. The van der Waals surface area contributed by atoms with Crippen LogP contribution in [0.25, 0.3) is 0 Å². The zero-order valence-electron chi connectivity index (χ0n) is 26.3. The lowest BCUT2D eigenvalue weighted by Crippen LogP contribution is -2.56. The molecule has 0 radical (unpaired) electrons. The molecule has 47 heavy (non-hydrogen) atoms. The summed E-state index contributed by atoms with van der Waals surface area (Å²) in [6, 6.07) is 8.91. The first-order valence-electron chi connectivity index (χ1n) is 14.5. The summed E-state index contributed by atoms with van der Waals surface area (Å²) < 4.78 is 31.7. The van der Waals surface area contributed by atoms with Gasteiger partial charge in [0.1, 0.15) is 17.9 Å². The predicted octanol–water partition coefficient (Wildman–Crippen LogP) is 1.22. The summed E-state index contributed by atoms with van der Waals surface area (Å²) in [7, 11) is 1.60. The molecule has 1 heterocycles. The molecule has 0 spiro atoms. The van der Waals surface area contributed by atoms with E-state index in [2.05, 4.69) is 15.3 Å². The molecule has 3 amide bonds. The Morgan fingerprint density at radius 2 is 1.68 bits per heavy atom. The van der Waals surface area contributed by atoms with Crippen molar-refractivity contribution in [2.45, 2.75) is 63.7 Å². The summed E-state index contributed by atoms with van der Waals surface area (Å²) in [5, 5.41) is 17.5. The van der Waals surface area contributed by atoms with Crippen molar-refractivity contribution < 1.29 is 37.5 Å². The number of nitrogen functional groups attached to an aromatic ring is 1. The largest absolute Gasteiger partial charge is 0.490 e. The van der Waals surface area contributed by atoms with Crippen molar-refractivity contribution in [3.63, 3.8) is 0 Å². The Bertz CT molecular complexity index is 1390. The van der Waals surface area contributed by atoms with Crippen molar-refractivity contribution in [1.29, 1.82) is 5.41 Å². The maximum atomic E-state index is 14.0. The summed E-state index contributed by atoms with van der Waals surface area (Å²) in [6.45, 7) is 4.10. The zero-order chi connectivity index (χ0) is 35.9. The highest BCUT2D eigenvalue weighted by atomic mass is 19.4. The Kier molecular flexibility index (Phi) is 15.8. The third-order valence-corrected chi connectivity index (χ3v) is 7.15. The van der Waals surface area contributed by atoms with E-state index < -0.39 is 42.0 Å². The fraction of sp³-hybridized carbons (Fsp3) is 0.433. The molecule has 11 N–H and O–H groups in total. The standard InChI is InChI=1S/C28H41N9O3.C2HF3O2/c1-4-17(2)23(26(39)36-22(25(31)38)8-6-14-35-28(32)33)37(3)27(40)21(20-7-5-13-34-16-20)15-18-9-11-19(12-10-18)24(29)30;3-2(4,5)1(6)7/h5,7,9-13,16-17,21-23H,4,6,8,14-15H2,1-3H3,(H3,29,30)(H2,31,38)(H,36,39)(H4,32,33,35);(H,6,7)/t17?,21?,22-,23-;/m0./s1. The quantitative estimate of drug-likeness (QED) is 0.0819. The van der Waals surface area contributed by atoms with Crippen molar-refractivity contribution in [1.82, 2.24) is 15.2 Å². The Morgan fingerprint density at radius 1 is 1.09 bits per heavy atom. The number of rotatable bonds is 15. The van der Waals surface area contributed by atoms with Crippen LogP contribution in [0.2, 0.25) is 0 Å². The normalized spacial score (nSPS) is 13.4. The number of primary amides is 1. The van der Waals surface area contributed by atoms with Gasteiger partial charge in [0.2, 0.25) is 17.7 Å². The number of aliphatic carboxylic acids is 1. The van der Waals surface area contributed by atoms with Gasteiger partial charge in [-0.15, -0.1) is 0 Å². The minimum absolute atomic E-state index is 0.0425. The molecule has 1 aromatic carbocycles. The number of amides is 3. The highest BCUT2D eigenvalue weighted by Gasteiger charge is 2.38. The van der Waals surface area contributed by atoms with E-state index in [4.69, 9.17) is 38.2 Å². The van der Waals surface area contributed by atoms with Gasteiger partial charge >= 0.3 is 12.1 Å². The van der Waals surface area contributed by atoms with Gasteiger partial charge in [-0.25, -0.2) is 4.79 Å². The molecular weight excluding hydrogens is 623 g/mol. The molecule has 0 aliphatic rings. The molecule has 2 unspecified atom stereocenters. The molecule has 258 valence electrons. The summed E-state index contributed by atoms with van der Waals surface area (Å²) >= 11 is 0. The van der Waals surface area contributed by atoms with E-state index in [-0.39, 0.29) is 36.6 Å². The molecule has 0 fully saturated rings. The minimum atomic E-state index is -5.08. The third-order valence-electron chi connectivity index (χ3n) is 7.15. The molecule has 0 aliphatic carbocycles. The van der Waals surface area contributed by atoms with E-state index in [9.17, 15) is 27.6 Å². The van der Waals surface area contributed by atoms with Crippen LogP contribution in [-0.2, 0) is 25.6 Å². The Hall–Kier alpha value is -5.22. The lowest BCUT2D eigenvalue weighted by molar-refractivity contribution is -0.192. The number of guanidine groups is 1. The molecule has 0 saturated heterocycles. The molecular formula is C30H42F3N9O5. The Labute approximate surface area is 270 Å². The number of alkyl halides is 3. The number of benzene rings is 1. The first kappa shape index (κ1) is 39.8. The second-order valence-electron chi connectivity index (χ2n) is 10.6. The third kappa shape index (κ3) is 13.3. The van der Waals surface area contributed by atoms with Crippen molar-refractivity contribution >= 4 is 35.5 Å². The molecule has 4 atom stereocenters. The molecule has 2 aromatic rings. The maximum absolute atomic E-state index is 14.0. The van der Waals surface area contributed by atoms with Crippen LogP contribution in [0.3, 0.4) is 0 Å². The monoisotopic (exact) mass is 665 g/mol. The average molecular weight is 666 g/mol. The molecule has 0 aliphatic heterocycles. The number of carbonyl (C=O) groups is 4. The highest BCUT2D eigenvalue weighted by molar-refractivity contribution is 5.95. The van der Waals surface area contributed by atoms with Crippen LogP contribution in [0.1, 0.15) is 55.7 Å². The van der Waals surface area contributed by atoms with Crippen LogP contribution in [0.4, 0.5) is 13.2 Å². The van der Waals surface area contributed by atoms with Crippen molar-refractivity contribution in [3.05, 3.63) is 65.5 Å². The number of pyridine rings is 1. The van der Waals surface area contributed by atoms with Crippen LogP contribution in [0.5, 0.6) is 0 Å². The second kappa shape index (κ2) is 18.7. The molecule has 14 nitrogen and oxygen atoms in total. The number of carboxylic acid groups (broad SMARTS) is 1. The topological polar surface area (TPSA) is 257 Å². The van der Waals surface area contributed by atoms with Gasteiger partial charge in [0.25, 0.3) is 0 Å². The number of nitrogens with zero attached hydrogens (tertiary/aromatic N) is 3. The van der Waals surface area contributed by atoms with E-state index in [0.717, 1.165) is 5.56 Å². The summed E-state index contributed by atoms with van der Waals surface area (Å²) in [5.74, 6) is -5.13. The van der Waals surface area contributed by atoms with Gasteiger partial charge in [0.05, 0.1) is 5.92 Å². The van der Waals surface area contributed by atoms with Gasteiger partial charge in [-0.05, 0) is 42.4 Å². The number of aromatic nitrogens is 1. The van der Waals surface area contributed by atoms with E-state index >= 15 is 0 Å². The average Bonchev–Trinajstić information content (AvgIpc) is 3.01. The van der Waals surface area contributed by atoms with Crippen LogP contribution < -0.4 is 28.3 Å². The summed E-state index contributed by atoms with van der Waals surface area (Å²) in [4.78, 5) is 58.1. The van der Waals surface area contributed by atoms with Crippen molar-refractivity contribution in [2.75, 3.05) is 13.6 Å². The van der Waals surface area contributed by atoms with Gasteiger partial charge in [0.15, 0.2) is 5.96 Å². The van der Waals surface area contributed by atoms with Gasteiger partial charge in [-0.2, -0.15) is 13.2 Å². The number of likely N-dealkylation sites (N-methyl/N-ethyl adjacent to an activating group) is 1. The van der Waals surface area contributed by atoms with Gasteiger partial charge in [-0.1, -0.05) is 50.6 Å². The van der Waals surface area contributed by atoms with Gasteiger partial charge < -0.3 is 38.3 Å². The maximum Gasteiger partial charge on any atom is 0.490 e. The minimum Gasteiger partial charge on any atom is -0.475 e. The predicted molar refractivity (Wildman–Crippen MR) is 169 cm³/mol. The number of aliphatic imine (C=N–C) groups is 1. The lowest BCUT2D eigenvalue weighted by atomic mass is 9.89. The number of amidine groups is 1. The number of carbonyl (C=O) groups excluding carboxylic acids is 3. The summed E-state index contributed by atoms with van der Waals surface area (Å²) in [6.07, 6.45) is -0.180. The molecule has 2 rings (SSSR count). The molecule has 0 saturated carbocycles. The van der Waals surface area contributed by atoms with Gasteiger partial charge in [-0.3, -0.25) is 29.8 Å². The Morgan fingerprint density at radius 3 is 2.13 bits per heavy atom. The second-order valence-corrected chi connectivity index (χ2v) is 10.6. The zero-order valence-corrected chi connectivity index (χ0v) is 26.3.